The molecule has 1 saturated carbocycles. The molecule has 0 spiro atoms. The Morgan fingerprint density at radius 2 is 1.81 bits per heavy atom. The van der Waals surface area contributed by atoms with E-state index in [0.29, 0.717) is 24.8 Å². The van der Waals surface area contributed by atoms with Crippen molar-refractivity contribution >= 4 is 17.7 Å². The van der Waals surface area contributed by atoms with E-state index in [9.17, 15) is 14.4 Å². The molecule has 0 bridgehead atoms. The Bertz CT molecular complexity index is 465. The average Bonchev–Trinajstić information content (AvgIpc) is 3.03. The van der Waals surface area contributed by atoms with Crippen molar-refractivity contribution in [2.24, 2.45) is 17.8 Å². The molecule has 0 radical (unpaired) electrons. The molecule has 3 amide bonds. The zero-order valence-corrected chi connectivity index (χ0v) is 12.7. The normalized spacial score (nSPS) is 35.2. The van der Waals surface area contributed by atoms with Gasteiger partial charge in [0.2, 0.25) is 17.7 Å². The van der Waals surface area contributed by atoms with Crippen molar-refractivity contribution in [2.45, 2.75) is 32.2 Å². The molecule has 1 aliphatic carbocycles. The minimum absolute atomic E-state index is 0.00910. The van der Waals surface area contributed by atoms with E-state index < -0.39 is 5.92 Å². The molecule has 3 rings (SSSR count). The third-order valence-electron chi connectivity index (χ3n) is 5.20. The molecule has 3 unspecified atom stereocenters. The lowest BCUT2D eigenvalue weighted by molar-refractivity contribution is -0.142. The monoisotopic (exact) mass is 293 g/mol. The average molecular weight is 293 g/mol. The van der Waals surface area contributed by atoms with Gasteiger partial charge in [0, 0.05) is 39.6 Å². The summed E-state index contributed by atoms with van der Waals surface area (Å²) in [5.41, 5.74) is 0. The predicted molar refractivity (Wildman–Crippen MR) is 76.1 cm³/mol. The van der Waals surface area contributed by atoms with Crippen LogP contribution in [0.4, 0.5) is 0 Å². The standard InChI is InChI=1S/C15H23N3O3/c1-9(19)16-12-5-10-7-18(8-11(10)6-12)15(21)13-3-4-17(2)14(13)20/h10-13H,3-8H2,1-2H3,(H,16,19). The molecule has 6 heteroatoms. The molecule has 0 aromatic carbocycles. The number of carbonyl (C=O) groups is 3. The van der Waals surface area contributed by atoms with Crippen LogP contribution in [-0.4, -0.2) is 60.2 Å². The van der Waals surface area contributed by atoms with E-state index in [2.05, 4.69) is 5.32 Å². The molecule has 0 aromatic rings. The molecule has 2 saturated heterocycles. The Morgan fingerprint density at radius 3 is 2.29 bits per heavy atom. The SMILES string of the molecule is CC(=O)NC1CC2CN(C(=O)C3CCN(C)C3=O)CC2C1. The molecule has 116 valence electrons. The fourth-order valence-corrected chi connectivity index (χ4v) is 4.16. The first-order valence-electron chi connectivity index (χ1n) is 7.76. The van der Waals surface area contributed by atoms with Crippen LogP contribution in [0.1, 0.15) is 26.2 Å². The van der Waals surface area contributed by atoms with Crippen LogP contribution in [0.15, 0.2) is 0 Å². The molecular weight excluding hydrogens is 270 g/mol. The van der Waals surface area contributed by atoms with Gasteiger partial charge in [-0.3, -0.25) is 14.4 Å². The van der Waals surface area contributed by atoms with Gasteiger partial charge in [-0.2, -0.15) is 0 Å². The van der Waals surface area contributed by atoms with Crippen LogP contribution in [0.25, 0.3) is 0 Å². The number of amides is 3. The lowest BCUT2D eigenvalue weighted by Gasteiger charge is -2.22. The molecular formula is C15H23N3O3. The van der Waals surface area contributed by atoms with Gasteiger partial charge in [0.15, 0.2) is 0 Å². The maximum absolute atomic E-state index is 12.5. The summed E-state index contributed by atoms with van der Waals surface area (Å²) in [5.74, 6) is 0.482. The number of carbonyl (C=O) groups excluding carboxylic acids is 3. The quantitative estimate of drug-likeness (QED) is 0.719. The summed E-state index contributed by atoms with van der Waals surface area (Å²) >= 11 is 0. The number of likely N-dealkylation sites (tertiary alicyclic amines) is 2. The first-order chi connectivity index (χ1) is 9.95. The highest BCUT2D eigenvalue weighted by Gasteiger charge is 2.45. The van der Waals surface area contributed by atoms with Gasteiger partial charge in [-0.15, -0.1) is 0 Å². The predicted octanol–water partition coefficient (Wildman–Crippen LogP) is -0.162. The Hall–Kier alpha value is -1.59. The highest BCUT2D eigenvalue weighted by atomic mass is 16.2. The first-order valence-corrected chi connectivity index (χ1v) is 7.76. The maximum Gasteiger partial charge on any atom is 0.235 e. The van der Waals surface area contributed by atoms with Gasteiger partial charge in [0.25, 0.3) is 0 Å². The van der Waals surface area contributed by atoms with Crippen LogP contribution in [0.5, 0.6) is 0 Å². The highest BCUT2D eigenvalue weighted by molar-refractivity contribution is 6.01. The van der Waals surface area contributed by atoms with Gasteiger partial charge < -0.3 is 15.1 Å². The van der Waals surface area contributed by atoms with Crippen molar-refractivity contribution < 1.29 is 14.4 Å². The number of fused-ring (bicyclic) bond motifs is 1. The van der Waals surface area contributed by atoms with E-state index in [-0.39, 0.29) is 23.8 Å². The smallest absolute Gasteiger partial charge is 0.235 e. The minimum Gasteiger partial charge on any atom is -0.354 e. The van der Waals surface area contributed by atoms with Crippen molar-refractivity contribution in [3.05, 3.63) is 0 Å². The first kappa shape index (κ1) is 14.4. The van der Waals surface area contributed by atoms with E-state index >= 15 is 0 Å². The minimum atomic E-state index is -0.458. The van der Waals surface area contributed by atoms with Crippen molar-refractivity contribution in [1.82, 2.24) is 15.1 Å². The fourth-order valence-electron chi connectivity index (χ4n) is 4.16. The molecule has 3 atom stereocenters. The van der Waals surface area contributed by atoms with E-state index in [1.165, 1.54) is 0 Å². The summed E-state index contributed by atoms with van der Waals surface area (Å²) in [5, 5.41) is 2.98. The number of nitrogens with zero attached hydrogens (tertiary/aromatic N) is 2. The lowest BCUT2D eigenvalue weighted by Crippen LogP contribution is -2.39. The maximum atomic E-state index is 12.5. The lowest BCUT2D eigenvalue weighted by atomic mass is 10.0. The summed E-state index contributed by atoms with van der Waals surface area (Å²) < 4.78 is 0. The summed E-state index contributed by atoms with van der Waals surface area (Å²) in [6.07, 6.45) is 2.55. The molecule has 6 nitrogen and oxygen atoms in total. The Labute approximate surface area is 124 Å². The molecule has 0 aromatic heterocycles. The second-order valence-corrected chi connectivity index (χ2v) is 6.73. The van der Waals surface area contributed by atoms with Crippen LogP contribution in [0.3, 0.4) is 0 Å². The second kappa shape index (κ2) is 5.31. The zero-order valence-electron chi connectivity index (χ0n) is 12.7. The molecule has 1 N–H and O–H groups in total. The number of hydrogen-bond acceptors (Lipinski definition) is 3. The van der Waals surface area contributed by atoms with Gasteiger partial charge >= 0.3 is 0 Å². The van der Waals surface area contributed by atoms with Crippen molar-refractivity contribution in [1.29, 1.82) is 0 Å². The Kier molecular flexibility index (Phi) is 3.63. The van der Waals surface area contributed by atoms with E-state index in [4.69, 9.17) is 0 Å². The van der Waals surface area contributed by atoms with Crippen LogP contribution < -0.4 is 5.32 Å². The number of hydrogen-bond donors (Lipinski definition) is 1. The van der Waals surface area contributed by atoms with Gasteiger partial charge in [-0.05, 0) is 31.1 Å². The van der Waals surface area contributed by atoms with Gasteiger partial charge in [0.1, 0.15) is 5.92 Å². The van der Waals surface area contributed by atoms with Crippen LogP contribution in [-0.2, 0) is 14.4 Å². The van der Waals surface area contributed by atoms with Crippen molar-refractivity contribution in [3.63, 3.8) is 0 Å². The third-order valence-corrected chi connectivity index (χ3v) is 5.20. The summed E-state index contributed by atoms with van der Waals surface area (Å²) in [4.78, 5) is 39.1. The topological polar surface area (TPSA) is 69.7 Å². The van der Waals surface area contributed by atoms with Gasteiger partial charge in [-0.25, -0.2) is 0 Å². The van der Waals surface area contributed by atoms with Crippen LogP contribution in [0, 0.1) is 17.8 Å². The van der Waals surface area contributed by atoms with Gasteiger partial charge in [-0.1, -0.05) is 0 Å². The molecule has 21 heavy (non-hydrogen) atoms. The summed E-state index contributed by atoms with van der Waals surface area (Å²) in [6.45, 7) is 3.72. The van der Waals surface area contributed by atoms with Crippen molar-refractivity contribution in [3.8, 4) is 0 Å². The molecule has 2 aliphatic heterocycles. The molecule has 3 aliphatic rings. The van der Waals surface area contributed by atoms with Crippen molar-refractivity contribution in [2.75, 3.05) is 26.7 Å². The largest absolute Gasteiger partial charge is 0.354 e. The summed E-state index contributed by atoms with van der Waals surface area (Å²) in [7, 11) is 1.76. The number of rotatable bonds is 2. The number of nitrogens with one attached hydrogen (secondary N) is 1. The van der Waals surface area contributed by atoms with Crippen LogP contribution >= 0.6 is 0 Å². The Morgan fingerprint density at radius 1 is 1.19 bits per heavy atom. The van der Waals surface area contributed by atoms with E-state index in [1.54, 1.807) is 18.9 Å². The third kappa shape index (κ3) is 2.63. The fraction of sp³-hybridized carbons (Fsp3) is 0.800. The highest BCUT2D eigenvalue weighted by Crippen LogP contribution is 2.39. The Balaban J connectivity index is 1.56. The van der Waals surface area contributed by atoms with E-state index in [0.717, 1.165) is 25.9 Å². The zero-order chi connectivity index (χ0) is 15.1. The van der Waals surface area contributed by atoms with Crippen LogP contribution in [0.2, 0.25) is 0 Å². The van der Waals surface area contributed by atoms with Gasteiger partial charge in [0.05, 0.1) is 0 Å². The molecule has 2 heterocycles. The summed E-state index contributed by atoms with van der Waals surface area (Å²) in [6, 6.07) is 0.258. The van der Waals surface area contributed by atoms with E-state index in [1.807, 2.05) is 4.90 Å². The molecule has 3 fully saturated rings. The second-order valence-electron chi connectivity index (χ2n) is 6.73.